The number of carboxylic acids is 1. The molecular formula is C21H23ClN4O4. The van der Waals surface area contributed by atoms with Crippen LogP contribution in [0.4, 0.5) is 5.69 Å². The second-order valence-electron chi connectivity index (χ2n) is 6.90. The Morgan fingerprint density at radius 3 is 2.60 bits per heavy atom. The molecule has 0 aliphatic heterocycles. The van der Waals surface area contributed by atoms with Gasteiger partial charge in [0.05, 0.1) is 17.7 Å². The van der Waals surface area contributed by atoms with Gasteiger partial charge in [0.2, 0.25) is 5.91 Å². The van der Waals surface area contributed by atoms with Crippen molar-refractivity contribution in [2.45, 2.75) is 39.2 Å². The van der Waals surface area contributed by atoms with Crippen molar-refractivity contribution in [3.63, 3.8) is 0 Å². The first-order valence-electron chi connectivity index (χ1n) is 9.63. The molecular weight excluding hydrogens is 408 g/mol. The van der Waals surface area contributed by atoms with Gasteiger partial charge in [0.15, 0.2) is 0 Å². The number of carbonyl (C=O) groups is 2. The number of carboxylic acid groups (broad SMARTS) is 1. The van der Waals surface area contributed by atoms with Gasteiger partial charge in [-0.1, -0.05) is 24.9 Å². The number of aromatic hydroxyl groups is 1. The summed E-state index contributed by atoms with van der Waals surface area (Å²) in [7, 11) is 0. The highest BCUT2D eigenvalue weighted by Gasteiger charge is 2.21. The zero-order valence-corrected chi connectivity index (χ0v) is 17.3. The molecule has 30 heavy (non-hydrogen) atoms. The number of amides is 1. The van der Waals surface area contributed by atoms with Gasteiger partial charge in [-0.25, -0.2) is 9.78 Å². The first-order valence-corrected chi connectivity index (χ1v) is 10.0. The molecule has 1 aromatic carbocycles. The average molecular weight is 431 g/mol. The van der Waals surface area contributed by atoms with Crippen LogP contribution >= 0.6 is 11.6 Å². The molecule has 0 fully saturated rings. The second kappa shape index (κ2) is 9.49. The van der Waals surface area contributed by atoms with Crippen LogP contribution in [0, 0.1) is 0 Å². The van der Waals surface area contributed by atoms with Gasteiger partial charge in [0.25, 0.3) is 0 Å². The van der Waals surface area contributed by atoms with Crippen LogP contribution in [0.2, 0.25) is 5.15 Å². The number of imidazole rings is 1. The van der Waals surface area contributed by atoms with Crippen LogP contribution < -0.4 is 5.32 Å². The lowest BCUT2D eigenvalue weighted by Crippen LogP contribution is -2.14. The normalized spacial score (nSPS) is 10.9. The van der Waals surface area contributed by atoms with Crippen LogP contribution in [0.15, 0.2) is 43.0 Å². The zero-order chi connectivity index (χ0) is 21.7. The predicted octanol–water partition coefficient (Wildman–Crippen LogP) is 4.10. The number of phenols is 1. The predicted molar refractivity (Wildman–Crippen MR) is 113 cm³/mol. The summed E-state index contributed by atoms with van der Waals surface area (Å²) in [6.07, 6.45) is 7.34. The van der Waals surface area contributed by atoms with Crippen LogP contribution in [0.3, 0.4) is 0 Å². The lowest BCUT2D eigenvalue weighted by Gasteiger charge is -2.04. The maximum atomic E-state index is 12.4. The first kappa shape index (κ1) is 21.4. The molecule has 0 saturated carbocycles. The van der Waals surface area contributed by atoms with E-state index in [0.29, 0.717) is 13.0 Å². The minimum atomic E-state index is -1.18. The Morgan fingerprint density at radius 1 is 1.20 bits per heavy atom. The van der Waals surface area contributed by atoms with E-state index in [1.54, 1.807) is 52.1 Å². The summed E-state index contributed by atoms with van der Waals surface area (Å²) in [6.45, 7) is 2.61. The van der Waals surface area contributed by atoms with Gasteiger partial charge in [-0.2, -0.15) is 0 Å². The monoisotopic (exact) mass is 430 g/mol. The smallest absolute Gasteiger partial charge is 0.340 e. The van der Waals surface area contributed by atoms with Crippen molar-refractivity contribution in [2.24, 2.45) is 0 Å². The third-order valence-corrected chi connectivity index (χ3v) is 5.05. The molecule has 0 radical (unpaired) electrons. The Balaban J connectivity index is 1.64. The van der Waals surface area contributed by atoms with Crippen molar-refractivity contribution in [1.29, 1.82) is 0 Å². The highest BCUT2D eigenvalue weighted by atomic mass is 35.5. The van der Waals surface area contributed by atoms with Crippen molar-refractivity contribution in [1.82, 2.24) is 14.1 Å². The number of hydrogen-bond acceptors (Lipinski definition) is 4. The topological polar surface area (TPSA) is 109 Å². The quantitative estimate of drug-likeness (QED) is 0.473. The van der Waals surface area contributed by atoms with Crippen molar-refractivity contribution < 1.29 is 19.8 Å². The van der Waals surface area contributed by atoms with Gasteiger partial charge in [0, 0.05) is 31.0 Å². The van der Waals surface area contributed by atoms with E-state index in [1.165, 1.54) is 0 Å². The second-order valence-corrected chi connectivity index (χ2v) is 7.26. The number of benzene rings is 1. The fourth-order valence-electron chi connectivity index (χ4n) is 3.03. The Hall–Kier alpha value is -3.26. The maximum absolute atomic E-state index is 12.4. The summed E-state index contributed by atoms with van der Waals surface area (Å²) in [6, 6.07) is 6.68. The van der Waals surface area contributed by atoms with E-state index in [9.17, 15) is 19.8 Å². The lowest BCUT2D eigenvalue weighted by atomic mass is 10.2. The molecule has 0 atom stereocenters. The minimum Gasteiger partial charge on any atom is -0.508 e. The molecule has 0 saturated heterocycles. The van der Waals surface area contributed by atoms with E-state index in [0.717, 1.165) is 24.2 Å². The number of hydrogen-bond donors (Lipinski definition) is 3. The highest BCUT2D eigenvalue weighted by Crippen LogP contribution is 2.28. The van der Waals surface area contributed by atoms with Crippen LogP contribution in [0.25, 0.3) is 5.69 Å². The fraction of sp³-hybridized carbons (Fsp3) is 0.286. The number of nitrogens with zero attached hydrogens (tertiary/aromatic N) is 3. The van der Waals surface area contributed by atoms with Crippen LogP contribution in [-0.4, -0.2) is 36.2 Å². The van der Waals surface area contributed by atoms with Crippen molar-refractivity contribution in [2.75, 3.05) is 5.32 Å². The Labute approximate surface area is 178 Å². The molecule has 158 valence electrons. The lowest BCUT2D eigenvalue weighted by molar-refractivity contribution is -0.116. The van der Waals surface area contributed by atoms with Crippen LogP contribution in [0.5, 0.6) is 5.75 Å². The van der Waals surface area contributed by atoms with Crippen molar-refractivity contribution >= 4 is 29.2 Å². The summed E-state index contributed by atoms with van der Waals surface area (Å²) in [5, 5.41) is 21.6. The van der Waals surface area contributed by atoms with E-state index in [1.807, 2.05) is 6.92 Å². The highest BCUT2D eigenvalue weighted by molar-refractivity contribution is 6.33. The number of anilines is 1. The van der Waals surface area contributed by atoms with Gasteiger partial charge in [-0.05, 0) is 37.1 Å². The molecule has 3 aromatic rings. The number of carbonyl (C=O) groups excluding carboxylic acids is 1. The molecule has 3 rings (SSSR count). The average Bonchev–Trinajstić information content (AvgIpc) is 3.30. The Kier molecular flexibility index (Phi) is 6.79. The van der Waals surface area contributed by atoms with Crippen LogP contribution in [0.1, 0.15) is 42.2 Å². The number of unbranched alkanes of at least 4 members (excludes halogenated alkanes) is 1. The molecule has 0 aliphatic rings. The molecule has 0 spiro atoms. The van der Waals surface area contributed by atoms with E-state index in [4.69, 9.17) is 11.6 Å². The molecule has 9 heteroatoms. The number of aromatic nitrogens is 3. The molecule has 0 bridgehead atoms. The Bertz CT molecular complexity index is 1040. The first-order chi connectivity index (χ1) is 14.4. The molecule has 0 unspecified atom stereocenters. The summed E-state index contributed by atoms with van der Waals surface area (Å²) in [5.41, 5.74) is 1.65. The number of phenolic OH excluding ortho intramolecular Hbond substituents is 1. The zero-order valence-electron chi connectivity index (χ0n) is 16.5. The van der Waals surface area contributed by atoms with Gasteiger partial charge in [0.1, 0.15) is 16.5 Å². The summed E-state index contributed by atoms with van der Waals surface area (Å²) in [4.78, 5) is 28.3. The molecule has 2 heterocycles. The Morgan fingerprint density at radius 2 is 1.93 bits per heavy atom. The number of halogens is 1. The third-order valence-electron chi connectivity index (χ3n) is 4.65. The number of aromatic carboxylic acids is 1. The number of aryl methyl sites for hydroxylation is 2. The fourth-order valence-corrected chi connectivity index (χ4v) is 3.35. The number of rotatable bonds is 9. The minimum absolute atomic E-state index is 0.0993. The molecule has 2 aromatic heterocycles. The van der Waals surface area contributed by atoms with Crippen molar-refractivity contribution in [3.05, 3.63) is 59.4 Å². The van der Waals surface area contributed by atoms with Crippen LogP contribution in [-0.2, 0) is 17.8 Å². The van der Waals surface area contributed by atoms with Crippen molar-refractivity contribution in [3.8, 4) is 11.4 Å². The SMILES string of the molecule is CCCCn1cc(NC(=O)CCc2cn(-c3ccc(O)cc3)cn2)c(C(=O)O)c1Cl. The van der Waals surface area contributed by atoms with E-state index >= 15 is 0 Å². The summed E-state index contributed by atoms with van der Waals surface area (Å²) < 4.78 is 3.44. The van der Waals surface area contributed by atoms with E-state index in [2.05, 4.69) is 10.3 Å². The molecule has 1 amide bonds. The third kappa shape index (κ3) is 5.01. The van der Waals surface area contributed by atoms with Gasteiger partial charge >= 0.3 is 5.97 Å². The van der Waals surface area contributed by atoms with Gasteiger partial charge in [-0.3, -0.25) is 4.79 Å². The molecule has 0 aliphatic carbocycles. The van der Waals surface area contributed by atoms with E-state index < -0.39 is 5.97 Å². The molecule has 3 N–H and O–H groups in total. The summed E-state index contributed by atoms with van der Waals surface area (Å²) in [5.74, 6) is -1.32. The largest absolute Gasteiger partial charge is 0.508 e. The molecule has 8 nitrogen and oxygen atoms in total. The summed E-state index contributed by atoms with van der Waals surface area (Å²) >= 11 is 6.19. The maximum Gasteiger partial charge on any atom is 0.340 e. The van der Waals surface area contributed by atoms with Gasteiger partial charge in [-0.15, -0.1) is 0 Å². The standard InChI is InChI=1S/C21H23ClN4O4/c1-2-3-10-25-12-17(19(20(25)22)21(29)30)24-18(28)9-4-14-11-26(13-23-14)15-5-7-16(27)8-6-15/h5-8,11-13,27H,2-4,9-10H2,1H3,(H,24,28)(H,29,30). The number of nitrogens with one attached hydrogen (secondary N) is 1. The van der Waals surface area contributed by atoms with E-state index in [-0.39, 0.29) is 34.5 Å². The van der Waals surface area contributed by atoms with Gasteiger partial charge < -0.3 is 24.7 Å².